The van der Waals surface area contributed by atoms with Crippen molar-refractivity contribution in [2.24, 2.45) is 7.05 Å². The van der Waals surface area contributed by atoms with E-state index in [2.05, 4.69) is 51.5 Å². The number of hydrogen-bond donors (Lipinski definition) is 1. The Labute approximate surface area is 124 Å². The van der Waals surface area contributed by atoms with Crippen LogP contribution in [0.4, 0.5) is 0 Å². The van der Waals surface area contributed by atoms with Crippen LogP contribution in [0.5, 0.6) is 0 Å². The maximum Gasteiger partial charge on any atom is 0.0821 e. The van der Waals surface area contributed by atoms with E-state index in [9.17, 15) is 0 Å². The molecule has 2 heterocycles. The summed E-state index contributed by atoms with van der Waals surface area (Å²) in [5.41, 5.74) is 3.80. The van der Waals surface area contributed by atoms with E-state index in [1.54, 1.807) is 0 Å². The van der Waals surface area contributed by atoms with Gasteiger partial charge in [-0.05, 0) is 35.9 Å². The molecule has 0 unspecified atom stereocenters. The topological polar surface area (TPSA) is 34.8 Å². The van der Waals surface area contributed by atoms with Gasteiger partial charge in [-0.25, -0.2) is 0 Å². The predicted molar refractivity (Wildman–Crippen MR) is 84.1 cm³/mol. The SMILES string of the molecule is Cn1ccc(Cn2ccc3cccc(CNC4CC4)c32)n1. The zero-order chi connectivity index (χ0) is 14.2. The molecule has 0 radical (unpaired) electrons. The quantitative estimate of drug-likeness (QED) is 0.780. The number of fused-ring (bicyclic) bond motifs is 1. The number of benzene rings is 1. The molecule has 1 fully saturated rings. The van der Waals surface area contributed by atoms with Gasteiger partial charge in [-0.1, -0.05) is 18.2 Å². The summed E-state index contributed by atoms with van der Waals surface area (Å²) >= 11 is 0. The monoisotopic (exact) mass is 280 g/mol. The molecule has 1 saturated carbocycles. The number of aromatic nitrogens is 3. The van der Waals surface area contributed by atoms with E-state index in [1.807, 2.05) is 17.9 Å². The molecule has 1 aliphatic rings. The number of nitrogens with zero attached hydrogens (tertiary/aromatic N) is 3. The molecule has 1 aliphatic carbocycles. The molecule has 1 aromatic carbocycles. The molecule has 21 heavy (non-hydrogen) atoms. The minimum absolute atomic E-state index is 0.736. The van der Waals surface area contributed by atoms with Gasteiger partial charge in [0, 0.05) is 32.0 Å². The molecule has 4 rings (SSSR count). The maximum absolute atomic E-state index is 4.49. The van der Waals surface area contributed by atoms with E-state index in [4.69, 9.17) is 0 Å². The molecular weight excluding hydrogens is 260 g/mol. The molecule has 2 aromatic heterocycles. The van der Waals surface area contributed by atoms with E-state index in [-0.39, 0.29) is 0 Å². The Kier molecular flexibility index (Phi) is 3.04. The molecule has 0 amide bonds. The Hall–Kier alpha value is -2.07. The Morgan fingerprint density at radius 3 is 2.86 bits per heavy atom. The fraction of sp³-hybridized carbons (Fsp3) is 0.353. The fourth-order valence-corrected chi connectivity index (χ4v) is 2.88. The molecule has 108 valence electrons. The van der Waals surface area contributed by atoms with Gasteiger partial charge in [0.25, 0.3) is 0 Å². The molecule has 0 aliphatic heterocycles. The minimum Gasteiger partial charge on any atom is -0.341 e. The lowest BCUT2D eigenvalue weighted by atomic mass is 10.1. The van der Waals surface area contributed by atoms with Crippen molar-refractivity contribution in [3.8, 4) is 0 Å². The first kappa shape index (κ1) is 12.7. The lowest BCUT2D eigenvalue weighted by molar-refractivity contribution is 0.683. The lowest BCUT2D eigenvalue weighted by Gasteiger charge is -2.10. The predicted octanol–water partition coefficient (Wildman–Crippen LogP) is 2.68. The van der Waals surface area contributed by atoms with Crippen LogP contribution in [0, 0.1) is 0 Å². The lowest BCUT2D eigenvalue weighted by Crippen LogP contribution is -2.16. The standard InChI is InChI=1S/C17H20N4/c1-20-9-8-16(19-20)12-21-10-7-13-3-2-4-14(17(13)21)11-18-15-5-6-15/h2-4,7-10,15,18H,5-6,11-12H2,1H3. The number of aryl methyl sites for hydroxylation is 1. The average Bonchev–Trinajstić information content (AvgIpc) is 3.10. The van der Waals surface area contributed by atoms with Crippen molar-refractivity contribution >= 4 is 10.9 Å². The summed E-state index contributed by atoms with van der Waals surface area (Å²) in [5.74, 6) is 0. The largest absolute Gasteiger partial charge is 0.341 e. The van der Waals surface area contributed by atoms with Crippen LogP contribution in [0.3, 0.4) is 0 Å². The highest BCUT2D eigenvalue weighted by molar-refractivity contribution is 5.83. The van der Waals surface area contributed by atoms with Gasteiger partial charge >= 0.3 is 0 Å². The normalized spacial score (nSPS) is 14.9. The first-order valence-electron chi connectivity index (χ1n) is 7.58. The van der Waals surface area contributed by atoms with Crippen LogP contribution in [0.25, 0.3) is 10.9 Å². The van der Waals surface area contributed by atoms with Crippen LogP contribution in [-0.4, -0.2) is 20.4 Å². The molecule has 4 heteroatoms. The van der Waals surface area contributed by atoms with Crippen molar-refractivity contribution in [2.75, 3.05) is 0 Å². The first-order chi connectivity index (χ1) is 10.3. The second-order valence-corrected chi connectivity index (χ2v) is 5.93. The van der Waals surface area contributed by atoms with E-state index in [0.717, 1.165) is 24.8 Å². The van der Waals surface area contributed by atoms with Crippen molar-refractivity contribution in [3.63, 3.8) is 0 Å². The Morgan fingerprint density at radius 1 is 1.19 bits per heavy atom. The fourth-order valence-electron chi connectivity index (χ4n) is 2.88. The Morgan fingerprint density at radius 2 is 2.10 bits per heavy atom. The van der Waals surface area contributed by atoms with Crippen LogP contribution in [0.2, 0.25) is 0 Å². The smallest absolute Gasteiger partial charge is 0.0821 e. The number of rotatable bonds is 5. The van der Waals surface area contributed by atoms with Crippen molar-refractivity contribution in [2.45, 2.75) is 32.0 Å². The molecule has 0 atom stereocenters. The summed E-state index contributed by atoms with van der Waals surface area (Å²) in [6.45, 7) is 1.78. The third-order valence-corrected chi connectivity index (χ3v) is 4.13. The molecule has 4 nitrogen and oxygen atoms in total. The summed E-state index contributed by atoms with van der Waals surface area (Å²) in [4.78, 5) is 0. The third-order valence-electron chi connectivity index (χ3n) is 4.13. The molecule has 0 saturated heterocycles. The molecule has 3 aromatic rings. The van der Waals surface area contributed by atoms with E-state index >= 15 is 0 Å². The zero-order valence-corrected chi connectivity index (χ0v) is 12.3. The van der Waals surface area contributed by atoms with Gasteiger partial charge in [0.1, 0.15) is 0 Å². The van der Waals surface area contributed by atoms with Crippen molar-refractivity contribution in [1.82, 2.24) is 19.7 Å². The highest BCUT2D eigenvalue weighted by Gasteiger charge is 2.20. The second-order valence-electron chi connectivity index (χ2n) is 5.93. The summed E-state index contributed by atoms with van der Waals surface area (Å²) in [6.07, 6.45) is 6.81. The minimum atomic E-state index is 0.736. The molecule has 0 spiro atoms. The molecular formula is C17H20N4. The van der Waals surface area contributed by atoms with Crippen LogP contribution in [0.1, 0.15) is 24.1 Å². The Bertz CT molecular complexity index is 764. The molecule has 1 N–H and O–H groups in total. The van der Waals surface area contributed by atoms with Gasteiger partial charge < -0.3 is 9.88 Å². The molecule has 0 bridgehead atoms. The van der Waals surface area contributed by atoms with Gasteiger partial charge in [-0.3, -0.25) is 4.68 Å². The summed E-state index contributed by atoms with van der Waals surface area (Å²) in [7, 11) is 1.96. The maximum atomic E-state index is 4.49. The number of hydrogen-bond acceptors (Lipinski definition) is 2. The van der Waals surface area contributed by atoms with E-state index in [1.165, 1.54) is 29.3 Å². The number of nitrogens with one attached hydrogen (secondary N) is 1. The van der Waals surface area contributed by atoms with E-state index < -0.39 is 0 Å². The van der Waals surface area contributed by atoms with Gasteiger partial charge in [0.15, 0.2) is 0 Å². The van der Waals surface area contributed by atoms with Gasteiger partial charge in [-0.2, -0.15) is 5.10 Å². The van der Waals surface area contributed by atoms with Crippen molar-refractivity contribution in [1.29, 1.82) is 0 Å². The second kappa shape index (κ2) is 5.04. The van der Waals surface area contributed by atoms with Crippen LogP contribution in [0.15, 0.2) is 42.7 Å². The van der Waals surface area contributed by atoms with E-state index in [0.29, 0.717) is 0 Å². The summed E-state index contributed by atoms with van der Waals surface area (Å²) in [5, 5.41) is 9.41. The third kappa shape index (κ3) is 2.59. The highest BCUT2D eigenvalue weighted by Crippen LogP contribution is 2.24. The first-order valence-corrected chi connectivity index (χ1v) is 7.58. The van der Waals surface area contributed by atoms with Gasteiger partial charge in [0.05, 0.1) is 17.8 Å². The van der Waals surface area contributed by atoms with Gasteiger partial charge in [0.2, 0.25) is 0 Å². The average molecular weight is 280 g/mol. The number of para-hydroxylation sites is 1. The van der Waals surface area contributed by atoms with Crippen molar-refractivity contribution < 1.29 is 0 Å². The summed E-state index contributed by atoms with van der Waals surface area (Å²) in [6, 6.07) is 11.6. The van der Waals surface area contributed by atoms with Gasteiger partial charge in [-0.15, -0.1) is 0 Å². The summed E-state index contributed by atoms with van der Waals surface area (Å²) < 4.78 is 4.16. The van der Waals surface area contributed by atoms with Crippen LogP contribution >= 0.6 is 0 Å². The van der Waals surface area contributed by atoms with Crippen LogP contribution < -0.4 is 5.32 Å². The highest BCUT2D eigenvalue weighted by atomic mass is 15.3. The Balaban J connectivity index is 1.67. The van der Waals surface area contributed by atoms with Crippen molar-refractivity contribution in [3.05, 3.63) is 54.0 Å². The van der Waals surface area contributed by atoms with Crippen LogP contribution in [-0.2, 0) is 20.1 Å². The zero-order valence-electron chi connectivity index (χ0n) is 12.3.